The summed E-state index contributed by atoms with van der Waals surface area (Å²) in [6.45, 7) is 11.2. The Morgan fingerprint density at radius 2 is 1.54 bits per heavy atom. The number of carbonyl (C=O) groups excluding carboxylic acids is 2. The number of carboxylic acid groups (broad SMARTS) is 1. The maximum Gasteiger partial charge on any atom is 0.314 e. The third kappa shape index (κ3) is 6.60. The monoisotopic (exact) mass is 573 g/mol. The van der Waals surface area contributed by atoms with Crippen molar-refractivity contribution in [2.24, 2.45) is 5.92 Å². The van der Waals surface area contributed by atoms with Crippen LogP contribution in [0.3, 0.4) is 0 Å². The Balaban J connectivity index is 1.77. The van der Waals surface area contributed by atoms with Crippen LogP contribution in [0.15, 0.2) is 71.1 Å². The number of rotatable bonds is 10. The number of fused-ring (bicyclic) bond motifs is 3. The van der Waals surface area contributed by atoms with Crippen molar-refractivity contribution in [1.82, 2.24) is 4.90 Å². The van der Waals surface area contributed by atoms with Crippen LogP contribution in [0.1, 0.15) is 54.8 Å². The standard InChI is InChI=1S/C33H39NO6Si/c1-33(2,3)41(6,7)40-29(17-21-11-9-8-10-12-21)22-13-15-27-24(18-22)25-19-23(14-16-28(25)39-27)31(36)26(32(37)38)20-30(35)34(4)5/h8-16,18-19,26,29H,17,20H2,1-7H3,(H,37,38). The minimum absolute atomic E-state index is 0.0261. The molecule has 7 nitrogen and oxygen atoms in total. The largest absolute Gasteiger partial charge is 0.481 e. The third-order valence-corrected chi connectivity index (χ3v) is 12.6. The molecule has 216 valence electrons. The first-order valence-electron chi connectivity index (χ1n) is 13.8. The normalized spacial score (nSPS) is 13.7. The second kappa shape index (κ2) is 11.6. The van der Waals surface area contributed by atoms with Crippen LogP contribution in [0.25, 0.3) is 21.9 Å². The van der Waals surface area contributed by atoms with Gasteiger partial charge in [-0.3, -0.25) is 14.4 Å². The van der Waals surface area contributed by atoms with Crippen molar-refractivity contribution in [3.8, 4) is 0 Å². The number of aliphatic carboxylic acids is 1. The summed E-state index contributed by atoms with van der Waals surface area (Å²) in [5.41, 5.74) is 3.66. The predicted octanol–water partition coefficient (Wildman–Crippen LogP) is 7.25. The highest BCUT2D eigenvalue weighted by molar-refractivity contribution is 6.74. The van der Waals surface area contributed by atoms with E-state index in [1.165, 1.54) is 24.6 Å². The minimum Gasteiger partial charge on any atom is -0.481 e. The fourth-order valence-electron chi connectivity index (χ4n) is 4.59. The average Bonchev–Trinajstić information content (AvgIpc) is 3.27. The van der Waals surface area contributed by atoms with E-state index < -0.39 is 38.3 Å². The van der Waals surface area contributed by atoms with Crippen molar-refractivity contribution in [1.29, 1.82) is 0 Å². The van der Waals surface area contributed by atoms with Gasteiger partial charge in [0.25, 0.3) is 0 Å². The molecule has 0 fully saturated rings. The quantitative estimate of drug-likeness (QED) is 0.122. The van der Waals surface area contributed by atoms with Crippen LogP contribution in [0.2, 0.25) is 18.1 Å². The average molecular weight is 574 g/mol. The molecule has 0 bridgehead atoms. The summed E-state index contributed by atoms with van der Waals surface area (Å²) in [5.74, 6) is -3.82. The van der Waals surface area contributed by atoms with Gasteiger partial charge in [-0.15, -0.1) is 0 Å². The Labute approximate surface area is 242 Å². The van der Waals surface area contributed by atoms with Crippen LogP contribution in [-0.4, -0.2) is 50.1 Å². The van der Waals surface area contributed by atoms with Crippen molar-refractivity contribution in [2.45, 2.75) is 57.8 Å². The molecule has 2 atom stereocenters. The molecule has 3 aromatic carbocycles. The summed E-state index contributed by atoms with van der Waals surface area (Å²) in [5, 5.41) is 11.3. The molecule has 0 radical (unpaired) electrons. The predicted molar refractivity (Wildman–Crippen MR) is 164 cm³/mol. The van der Waals surface area contributed by atoms with Crippen molar-refractivity contribution in [3.63, 3.8) is 0 Å². The Morgan fingerprint density at radius 3 is 2.12 bits per heavy atom. The van der Waals surface area contributed by atoms with Gasteiger partial charge in [-0.25, -0.2) is 0 Å². The van der Waals surface area contributed by atoms with Gasteiger partial charge in [-0.2, -0.15) is 0 Å². The maximum absolute atomic E-state index is 13.3. The van der Waals surface area contributed by atoms with Crippen LogP contribution in [0, 0.1) is 5.92 Å². The van der Waals surface area contributed by atoms with E-state index in [1.807, 2.05) is 30.3 Å². The fourth-order valence-corrected chi connectivity index (χ4v) is 5.87. The Morgan fingerprint density at radius 1 is 0.927 bits per heavy atom. The van der Waals surface area contributed by atoms with Gasteiger partial charge >= 0.3 is 5.97 Å². The third-order valence-electron chi connectivity index (χ3n) is 8.15. The molecule has 41 heavy (non-hydrogen) atoms. The van der Waals surface area contributed by atoms with Crippen LogP contribution >= 0.6 is 0 Å². The lowest BCUT2D eigenvalue weighted by Gasteiger charge is -2.39. The van der Waals surface area contributed by atoms with Crippen LogP contribution in [-0.2, 0) is 20.4 Å². The topological polar surface area (TPSA) is 97.1 Å². The number of hydrogen-bond acceptors (Lipinski definition) is 5. The van der Waals surface area contributed by atoms with E-state index in [0.29, 0.717) is 23.0 Å². The number of carboxylic acids is 1. The number of Topliss-reactive ketones (excluding diaryl/α,β-unsaturated/α-hetero) is 1. The van der Waals surface area contributed by atoms with Crippen molar-refractivity contribution in [2.75, 3.05) is 14.1 Å². The Bertz CT molecular complexity index is 1580. The molecule has 1 aromatic heterocycles. The first-order chi connectivity index (χ1) is 19.2. The molecule has 0 aliphatic carbocycles. The first-order valence-corrected chi connectivity index (χ1v) is 16.7. The summed E-state index contributed by atoms with van der Waals surface area (Å²) in [7, 11) is 0.936. The van der Waals surface area contributed by atoms with Gasteiger partial charge in [0, 0.05) is 43.3 Å². The van der Waals surface area contributed by atoms with Crippen LogP contribution < -0.4 is 0 Å². The number of furan rings is 1. The van der Waals surface area contributed by atoms with Gasteiger partial charge in [0.1, 0.15) is 17.1 Å². The minimum atomic E-state index is -2.13. The summed E-state index contributed by atoms with van der Waals surface area (Å²) in [6, 6.07) is 21.2. The zero-order chi connectivity index (χ0) is 30.1. The molecule has 1 amide bonds. The van der Waals surface area contributed by atoms with E-state index in [-0.39, 0.29) is 16.7 Å². The van der Waals surface area contributed by atoms with Crippen molar-refractivity contribution >= 4 is 47.9 Å². The molecule has 0 saturated heterocycles. The van der Waals surface area contributed by atoms with Crippen LogP contribution in [0.4, 0.5) is 0 Å². The molecule has 0 aliphatic rings. The van der Waals surface area contributed by atoms with Gasteiger partial charge in [0.2, 0.25) is 5.91 Å². The molecule has 1 heterocycles. The summed E-state index contributed by atoms with van der Waals surface area (Å²) in [4.78, 5) is 38.7. The maximum atomic E-state index is 13.3. The van der Waals surface area contributed by atoms with Gasteiger partial charge in [-0.1, -0.05) is 57.2 Å². The number of hydrogen-bond donors (Lipinski definition) is 1. The zero-order valence-corrected chi connectivity index (χ0v) is 25.9. The smallest absolute Gasteiger partial charge is 0.314 e. The molecule has 0 saturated carbocycles. The van der Waals surface area contributed by atoms with Crippen LogP contribution in [0.5, 0.6) is 0 Å². The van der Waals surface area contributed by atoms with E-state index >= 15 is 0 Å². The molecule has 0 spiro atoms. The number of benzene rings is 3. The highest BCUT2D eigenvalue weighted by Crippen LogP contribution is 2.41. The number of ketones is 1. The number of carbonyl (C=O) groups is 3. The molecule has 1 N–H and O–H groups in total. The fraction of sp³-hybridized carbons (Fsp3) is 0.364. The second-order valence-corrected chi connectivity index (χ2v) is 17.1. The highest BCUT2D eigenvalue weighted by atomic mass is 28.4. The van der Waals surface area contributed by atoms with E-state index in [1.54, 1.807) is 18.2 Å². The molecule has 2 unspecified atom stereocenters. The van der Waals surface area contributed by atoms with E-state index in [4.69, 9.17) is 8.84 Å². The molecular weight excluding hydrogens is 534 g/mol. The Kier molecular flexibility index (Phi) is 8.56. The second-order valence-electron chi connectivity index (χ2n) is 12.4. The molecule has 0 aliphatic heterocycles. The summed E-state index contributed by atoms with van der Waals surface area (Å²) >= 11 is 0. The SMILES string of the molecule is CN(C)C(=O)CC(C(=O)O)C(=O)c1ccc2oc3ccc(C(Cc4ccccc4)O[Si](C)(C)C(C)(C)C)cc3c2c1. The highest BCUT2D eigenvalue weighted by Gasteiger charge is 2.39. The molecular formula is C33H39NO6Si. The van der Waals surface area contributed by atoms with Crippen molar-refractivity contribution < 1.29 is 28.3 Å². The van der Waals surface area contributed by atoms with Gasteiger partial charge in [0.05, 0.1) is 6.10 Å². The summed E-state index contributed by atoms with van der Waals surface area (Å²) < 4.78 is 13.0. The number of nitrogens with zero attached hydrogens (tertiary/aromatic N) is 1. The zero-order valence-electron chi connectivity index (χ0n) is 24.9. The van der Waals surface area contributed by atoms with Gasteiger partial charge in [0.15, 0.2) is 14.1 Å². The lowest BCUT2D eigenvalue weighted by atomic mass is 9.93. The number of amides is 1. The van der Waals surface area contributed by atoms with Gasteiger partial charge in [-0.05, 0) is 59.6 Å². The Hall–Kier alpha value is -3.75. The van der Waals surface area contributed by atoms with E-state index in [0.717, 1.165) is 10.9 Å². The summed E-state index contributed by atoms with van der Waals surface area (Å²) in [6.07, 6.45) is 0.117. The van der Waals surface area contributed by atoms with Gasteiger partial charge < -0.3 is 18.8 Å². The lowest BCUT2D eigenvalue weighted by molar-refractivity contribution is -0.143. The van der Waals surface area contributed by atoms with E-state index in [2.05, 4.69) is 52.1 Å². The lowest BCUT2D eigenvalue weighted by Crippen LogP contribution is -2.42. The van der Waals surface area contributed by atoms with E-state index in [9.17, 15) is 19.5 Å². The molecule has 8 heteroatoms. The first kappa shape index (κ1) is 30.2. The molecule has 4 aromatic rings. The van der Waals surface area contributed by atoms with Crippen molar-refractivity contribution in [3.05, 3.63) is 83.4 Å². The molecule has 4 rings (SSSR count).